The summed E-state index contributed by atoms with van der Waals surface area (Å²) in [5.74, 6) is 1.22. The van der Waals surface area contributed by atoms with Crippen LogP contribution in [0.2, 0.25) is 0 Å². The molecule has 0 bridgehead atoms. The Morgan fingerprint density at radius 2 is 1.90 bits per heavy atom. The number of hydrogen-bond acceptors (Lipinski definition) is 7. The van der Waals surface area contributed by atoms with Gasteiger partial charge in [-0.2, -0.15) is 4.31 Å². The standard InChI is InChI=1S/C22H25N5O3S/c1-16-13-18(26-22-15-23-9-10-24-22)14-19(25-16)17-7-11-27(12-8-17)31(28,29)21-6-4-3-5-20(21)30-2/h3-6,9-10,13-15,17H,7-8,11-12H2,1-2H3,(H,24,25,26). The number of pyridine rings is 1. The summed E-state index contributed by atoms with van der Waals surface area (Å²) in [4.78, 5) is 13.2. The normalized spacial score (nSPS) is 15.5. The predicted octanol–water partition coefficient (Wildman–Crippen LogP) is 3.50. The average molecular weight is 440 g/mol. The van der Waals surface area contributed by atoms with Crippen LogP contribution in [0.1, 0.15) is 30.1 Å². The molecule has 3 heterocycles. The molecule has 1 fully saturated rings. The lowest BCUT2D eigenvalue weighted by Gasteiger charge is -2.31. The lowest BCUT2D eigenvalue weighted by Crippen LogP contribution is -2.38. The van der Waals surface area contributed by atoms with E-state index in [4.69, 9.17) is 9.72 Å². The third kappa shape index (κ3) is 4.67. The highest BCUT2D eigenvalue weighted by molar-refractivity contribution is 7.89. The molecule has 0 unspecified atom stereocenters. The van der Waals surface area contributed by atoms with Crippen molar-refractivity contribution in [3.63, 3.8) is 0 Å². The number of nitrogens with zero attached hydrogens (tertiary/aromatic N) is 4. The minimum Gasteiger partial charge on any atom is -0.495 e. The quantitative estimate of drug-likeness (QED) is 0.628. The minimum atomic E-state index is -3.61. The summed E-state index contributed by atoms with van der Waals surface area (Å²) in [6.07, 6.45) is 6.33. The Balaban J connectivity index is 1.49. The van der Waals surface area contributed by atoms with Crippen molar-refractivity contribution in [2.45, 2.75) is 30.6 Å². The first-order valence-electron chi connectivity index (χ1n) is 10.1. The highest BCUT2D eigenvalue weighted by Gasteiger charge is 2.32. The molecular weight excluding hydrogens is 414 g/mol. The molecule has 0 atom stereocenters. The second-order valence-corrected chi connectivity index (χ2v) is 9.37. The van der Waals surface area contributed by atoms with Crippen LogP contribution in [0, 0.1) is 6.92 Å². The lowest BCUT2D eigenvalue weighted by molar-refractivity contribution is 0.314. The Morgan fingerprint density at radius 1 is 1.13 bits per heavy atom. The summed E-state index contributed by atoms with van der Waals surface area (Å²) in [5, 5.41) is 3.26. The molecule has 8 nitrogen and oxygen atoms in total. The first-order chi connectivity index (χ1) is 15.0. The van der Waals surface area contributed by atoms with Gasteiger partial charge in [0.15, 0.2) is 0 Å². The van der Waals surface area contributed by atoms with Gasteiger partial charge in [0.1, 0.15) is 16.5 Å². The van der Waals surface area contributed by atoms with Gasteiger partial charge in [-0.15, -0.1) is 0 Å². The van der Waals surface area contributed by atoms with Crippen LogP contribution < -0.4 is 10.1 Å². The van der Waals surface area contributed by atoms with Crippen molar-refractivity contribution in [3.8, 4) is 5.75 Å². The molecule has 9 heteroatoms. The number of ether oxygens (including phenoxy) is 1. The maximum absolute atomic E-state index is 13.1. The number of benzene rings is 1. The molecule has 1 saturated heterocycles. The van der Waals surface area contributed by atoms with E-state index >= 15 is 0 Å². The molecule has 1 aliphatic rings. The second kappa shape index (κ2) is 8.99. The van der Waals surface area contributed by atoms with Gasteiger partial charge in [0.2, 0.25) is 10.0 Å². The molecule has 1 aromatic carbocycles. The van der Waals surface area contributed by atoms with Crippen molar-refractivity contribution in [2.24, 2.45) is 0 Å². The number of nitrogens with one attached hydrogen (secondary N) is 1. The number of para-hydroxylation sites is 1. The molecule has 0 aliphatic carbocycles. The third-order valence-electron chi connectivity index (χ3n) is 5.37. The zero-order valence-electron chi connectivity index (χ0n) is 17.5. The van der Waals surface area contributed by atoms with Gasteiger partial charge in [-0.05, 0) is 44.0 Å². The Kier molecular flexibility index (Phi) is 6.15. The molecule has 0 amide bonds. The molecule has 1 N–H and O–H groups in total. The fourth-order valence-corrected chi connectivity index (χ4v) is 5.48. The number of sulfonamides is 1. The fraction of sp³-hybridized carbons (Fsp3) is 0.318. The Labute approximate surface area is 182 Å². The van der Waals surface area contributed by atoms with Crippen molar-refractivity contribution in [1.29, 1.82) is 0 Å². The van der Waals surface area contributed by atoms with E-state index in [1.165, 1.54) is 11.4 Å². The van der Waals surface area contributed by atoms with Crippen LogP contribution in [-0.4, -0.2) is 47.9 Å². The van der Waals surface area contributed by atoms with Crippen LogP contribution in [0.5, 0.6) is 5.75 Å². The van der Waals surface area contributed by atoms with Gasteiger partial charge in [-0.3, -0.25) is 9.97 Å². The third-order valence-corrected chi connectivity index (χ3v) is 7.31. The summed E-state index contributed by atoms with van der Waals surface area (Å²) >= 11 is 0. The maximum Gasteiger partial charge on any atom is 0.246 e. The average Bonchev–Trinajstić information content (AvgIpc) is 2.79. The summed E-state index contributed by atoms with van der Waals surface area (Å²) in [7, 11) is -2.12. The van der Waals surface area contributed by atoms with Gasteiger partial charge >= 0.3 is 0 Å². The molecule has 4 rings (SSSR count). The molecule has 1 aliphatic heterocycles. The van der Waals surface area contributed by atoms with E-state index in [0.29, 0.717) is 37.5 Å². The highest BCUT2D eigenvalue weighted by Crippen LogP contribution is 2.33. The number of piperidine rings is 1. The van der Waals surface area contributed by atoms with Crippen LogP contribution in [0.4, 0.5) is 11.5 Å². The minimum absolute atomic E-state index is 0.187. The Bertz CT molecular complexity index is 1150. The highest BCUT2D eigenvalue weighted by atomic mass is 32.2. The van der Waals surface area contributed by atoms with Crippen molar-refractivity contribution < 1.29 is 13.2 Å². The van der Waals surface area contributed by atoms with E-state index in [1.54, 1.807) is 42.9 Å². The number of rotatable bonds is 6. The predicted molar refractivity (Wildman–Crippen MR) is 118 cm³/mol. The summed E-state index contributed by atoms with van der Waals surface area (Å²) in [6, 6.07) is 10.7. The molecule has 3 aromatic rings. The molecule has 0 radical (unpaired) electrons. The van der Waals surface area contributed by atoms with Crippen molar-refractivity contribution in [3.05, 3.63) is 66.4 Å². The number of aryl methyl sites for hydroxylation is 1. The van der Waals surface area contributed by atoms with Crippen LogP contribution in [0.3, 0.4) is 0 Å². The largest absolute Gasteiger partial charge is 0.495 e. The van der Waals surface area contributed by atoms with Crippen molar-refractivity contribution in [2.75, 3.05) is 25.5 Å². The van der Waals surface area contributed by atoms with Gasteiger partial charge in [-0.25, -0.2) is 13.4 Å². The van der Waals surface area contributed by atoms with Crippen LogP contribution >= 0.6 is 0 Å². The van der Waals surface area contributed by atoms with Gasteiger partial charge in [0.25, 0.3) is 0 Å². The van der Waals surface area contributed by atoms with E-state index in [1.807, 2.05) is 19.1 Å². The van der Waals surface area contributed by atoms with E-state index in [0.717, 1.165) is 17.1 Å². The Morgan fingerprint density at radius 3 is 2.61 bits per heavy atom. The smallest absolute Gasteiger partial charge is 0.246 e. The summed E-state index contributed by atoms with van der Waals surface area (Å²) in [6.45, 7) is 2.83. The van der Waals surface area contributed by atoms with E-state index in [9.17, 15) is 8.42 Å². The molecule has 2 aromatic heterocycles. The van der Waals surface area contributed by atoms with Crippen LogP contribution in [-0.2, 0) is 10.0 Å². The first kappa shape index (κ1) is 21.2. The fourth-order valence-electron chi connectivity index (χ4n) is 3.85. The molecule has 0 saturated carbocycles. The number of hydrogen-bond donors (Lipinski definition) is 1. The van der Waals surface area contributed by atoms with Crippen molar-refractivity contribution in [1.82, 2.24) is 19.3 Å². The number of anilines is 2. The van der Waals surface area contributed by atoms with Crippen LogP contribution in [0.15, 0.2) is 59.9 Å². The number of aromatic nitrogens is 3. The summed E-state index contributed by atoms with van der Waals surface area (Å²) in [5.41, 5.74) is 2.75. The SMILES string of the molecule is COc1ccccc1S(=O)(=O)N1CCC(c2cc(Nc3cnccn3)cc(C)n2)CC1. The molecule has 31 heavy (non-hydrogen) atoms. The van der Waals surface area contributed by atoms with Gasteiger partial charge in [-0.1, -0.05) is 12.1 Å². The van der Waals surface area contributed by atoms with E-state index in [2.05, 4.69) is 15.3 Å². The second-order valence-electron chi connectivity index (χ2n) is 7.47. The molecule has 0 spiro atoms. The Hall–Kier alpha value is -3.04. The zero-order valence-corrected chi connectivity index (χ0v) is 18.3. The lowest BCUT2D eigenvalue weighted by atomic mass is 9.93. The molecule has 162 valence electrons. The van der Waals surface area contributed by atoms with E-state index in [-0.39, 0.29) is 10.8 Å². The van der Waals surface area contributed by atoms with Crippen LogP contribution in [0.25, 0.3) is 0 Å². The first-order valence-corrected chi connectivity index (χ1v) is 11.6. The zero-order chi connectivity index (χ0) is 21.8. The van der Waals surface area contributed by atoms with Gasteiger partial charge in [0.05, 0.1) is 13.3 Å². The van der Waals surface area contributed by atoms with E-state index < -0.39 is 10.0 Å². The summed E-state index contributed by atoms with van der Waals surface area (Å²) < 4.78 is 33.1. The maximum atomic E-state index is 13.1. The molecular formula is C22H25N5O3S. The topological polar surface area (TPSA) is 97.3 Å². The monoisotopic (exact) mass is 439 g/mol. The van der Waals surface area contributed by atoms with Gasteiger partial charge in [0, 0.05) is 48.5 Å². The number of methoxy groups -OCH3 is 1. The van der Waals surface area contributed by atoms with Crippen molar-refractivity contribution >= 4 is 21.5 Å². The van der Waals surface area contributed by atoms with Gasteiger partial charge < -0.3 is 10.1 Å².